The van der Waals surface area contributed by atoms with Crippen LogP contribution >= 0.6 is 24.0 Å². The van der Waals surface area contributed by atoms with Gasteiger partial charge in [0.2, 0.25) is 5.89 Å². The molecule has 1 aromatic carbocycles. The van der Waals surface area contributed by atoms with Crippen LogP contribution in [0.4, 0.5) is 0 Å². The van der Waals surface area contributed by atoms with Gasteiger partial charge >= 0.3 is 0 Å². The normalized spacial score (nSPS) is 10.9. The molecular formula is C15H22IN5O2. The van der Waals surface area contributed by atoms with Gasteiger partial charge in [-0.1, -0.05) is 17.3 Å². The summed E-state index contributed by atoms with van der Waals surface area (Å²) in [6, 6.07) is 7.95. The minimum Gasteiger partial charge on any atom is -0.497 e. The van der Waals surface area contributed by atoms with E-state index in [1.165, 1.54) is 5.56 Å². The first-order valence-electron chi connectivity index (χ1n) is 6.96. The summed E-state index contributed by atoms with van der Waals surface area (Å²) in [5, 5.41) is 6.95. The maximum absolute atomic E-state index is 5.16. The fourth-order valence-corrected chi connectivity index (χ4v) is 2.03. The van der Waals surface area contributed by atoms with E-state index < -0.39 is 0 Å². The molecule has 0 amide bonds. The standard InChI is InChI=1S/C15H21N5O2.HI/c1-11-18-14(22-19-11)9-17-15(16-2)20(3)10-12-5-7-13(21-4)8-6-12;/h5-8H,9-10H2,1-4H3,(H,16,17);1H. The van der Waals surface area contributed by atoms with Gasteiger partial charge in [-0.2, -0.15) is 4.98 Å². The van der Waals surface area contributed by atoms with Gasteiger partial charge in [-0.15, -0.1) is 24.0 Å². The molecule has 0 saturated heterocycles. The van der Waals surface area contributed by atoms with Gasteiger partial charge in [0.1, 0.15) is 5.75 Å². The molecule has 8 heteroatoms. The molecule has 2 aromatic rings. The average Bonchev–Trinajstić information content (AvgIpc) is 2.94. The van der Waals surface area contributed by atoms with Gasteiger partial charge in [-0.3, -0.25) is 4.99 Å². The molecule has 1 heterocycles. The summed E-state index contributed by atoms with van der Waals surface area (Å²) in [7, 11) is 5.37. The smallest absolute Gasteiger partial charge is 0.246 e. The minimum atomic E-state index is 0. The first-order chi connectivity index (χ1) is 10.6. The summed E-state index contributed by atoms with van der Waals surface area (Å²) in [6.07, 6.45) is 0. The number of hydrogen-bond donors (Lipinski definition) is 1. The second-order valence-electron chi connectivity index (χ2n) is 4.84. The van der Waals surface area contributed by atoms with E-state index in [2.05, 4.69) is 20.4 Å². The SMILES string of the molecule is CN=C(NCc1nc(C)no1)N(C)Cc1ccc(OC)cc1.I. The molecule has 0 spiro atoms. The summed E-state index contributed by atoms with van der Waals surface area (Å²) in [5.41, 5.74) is 1.17. The third kappa shape index (κ3) is 5.70. The quantitative estimate of drug-likeness (QED) is 0.445. The average molecular weight is 431 g/mol. The highest BCUT2D eigenvalue weighted by atomic mass is 127. The summed E-state index contributed by atoms with van der Waals surface area (Å²) >= 11 is 0. The highest BCUT2D eigenvalue weighted by Crippen LogP contribution is 2.12. The summed E-state index contributed by atoms with van der Waals surface area (Å²) in [6.45, 7) is 2.96. The number of guanidine groups is 1. The molecule has 0 fully saturated rings. The molecule has 1 aromatic heterocycles. The predicted molar refractivity (Wildman–Crippen MR) is 99.1 cm³/mol. The summed E-state index contributed by atoms with van der Waals surface area (Å²) in [5.74, 6) is 2.77. The van der Waals surface area contributed by atoms with Crippen LogP contribution in [0.5, 0.6) is 5.75 Å². The van der Waals surface area contributed by atoms with Crippen molar-refractivity contribution in [1.82, 2.24) is 20.4 Å². The number of benzene rings is 1. The Balaban J connectivity index is 0.00000264. The van der Waals surface area contributed by atoms with Crippen LogP contribution in [0.2, 0.25) is 0 Å². The van der Waals surface area contributed by atoms with Gasteiger partial charge in [-0.05, 0) is 24.6 Å². The van der Waals surface area contributed by atoms with E-state index in [1.54, 1.807) is 21.1 Å². The molecule has 0 radical (unpaired) electrons. The van der Waals surface area contributed by atoms with E-state index >= 15 is 0 Å². The molecule has 2 rings (SSSR count). The Kier molecular flexibility index (Phi) is 7.79. The number of halogens is 1. The molecule has 23 heavy (non-hydrogen) atoms. The van der Waals surface area contributed by atoms with Crippen molar-refractivity contribution >= 4 is 29.9 Å². The molecule has 1 N–H and O–H groups in total. The summed E-state index contributed by atoms with van der Waals surface area (Å²) < 4.78 is 10.2. The number of rotatable bonds is 5. The fraction of sp³-hybridized carbons (Fsp3) is 0.400. The largest absolute Gasteiger partial charge is 0.497 e. The van der Waals surface area contributed by atoms with Crippen LogP contribution in [-0.2, 0) is 13.1 Å². The second kappa shape index (κ2) is 9.33. The van der Waals surface area contributed by atoms with Gasteiger partial charge < -0.3 is 19.5 Å². The molecule has 0 atom stereocenters. The molecule has 0 bridgehead atoms. The Morgan fingerprint density at radius 3 is 2.57 bits per heavy atom. The fourth-order valence-electron chi connectivity index (χ4n) is 2.03. The van der Waals surface area contributed by atoms with Gasteiger partial charge in [-0.25, -0.2) is 0 Å². The lowest BCUT2D eigenvalue weighted by molar-refractivity contribution is 0.368. The zero-order valence-electron chi connectivity index (χ0n) is 13.7. The van der Waals surface area contributed by atoms with Crippen molar-refractivity contribution in [2.24, 2.45) is 4.99 Å². The third-order valence-corrected chi connectivity index (χ3v) is 3.12. The van der Waals surface area contributed by atoms with Crippen LogP contribution < -0.4 is 10.1 Å². The Labute approximate surface area is 153 Å². The first kappa shape index (κ1) is 19.2. The lowest BCUT2D eigenvalue weighted by atomic mass is 10.2. The van der Waals surface area contributed by atoms with E-state index in [1.807, 2.05) is 36.2 Å². The van der Waals surface area contributed by atoms with Crippen LogP contribution in [0.15, 0.2) is 33.8 Å². The number of nitrogens with zero attached hydrogens (tertiary/aromatic N) is 4. The van der Waals surface area contributed by atoms with Crippen molar-refractivity contribution in [1.29, 1.82) is 0 Å². The van der Waals surface area contributed by atoms with E-state index in [0.29, 0.717) is 18.3 Å². The number of hydrogen-bond acceptors (Lipinski definition) is 5. The van der Waals surface area contributed by atoms with Gasteiger partial charge in [0.15, 0.2) is 11.8 Å². The number of ether oxygens (including phenoxy) is 1. The molecule has 7 nitrogen and oxygen atoms in total. The third-order valence-electron chi connectivity index (χ3n) is 3.12. The highest BCUT2D eigenvalue weighted by molar-refractivity contribution is 14.0. The van der Waals surface area contributed by atoms with Crippen molar-refractivity contribution < 1.29 is 9.26 Å². The van der Waals surface area contributed by atoms with Crippen LogP contribution in [0.1, 0.15) is 17.3 Å². The van der Waals surface area contributed by atoms with Crippen LogP contribution in [0, 0.1) is 6.92 Å². The topological polar surface area (TPSA) is 75.8 Å². The maximum Gasteiger partial charge on any atom is 0.246 e. The Hall–Kier alpha value is -1.84. The zero-order chi connectivity index (χ0) is 15.9. The molecule has 0 saturated carbocycles. The van der Waals surface area contributed by atoms with Gasteiger partial charge in [0.25, 0.3) is 0 Å². The van der Waals surface area contributed by atoms with Crippen molar-refractivity contribution in [3.63, 3.8) is 0 Å². The summed E-state index contributed by atoms with van der Waals surface area (Å²) in [4.78, 5) is 10.4. The first-order valence-corrected chi connectivity index (χ1v) is 6.96. The van der Waals surface area contributed by atoms with Crippen LogP contribution in [-0.4, -0.2) is 42.2 Å². The molecule has 0 aliphatic heterocycles. The molecule has 0 unspecified atom stereocenters. The number of aromatic nitrogens is 2. The molecule has 0 aliphatic carbocycles. The molecular weight excluding hydrogens is 409 g/mol. The van der Waals surface area contributed by atoms with Crippen molar-refractivity contribution in [2.75, 3.05) is 21.2 Å². The zero-order valence-corrected chi connectivity index (χ0v) is 16.1. The number of nitrogens with one attached hydrogen (secondary N) is 1. The predicted octanol–water partition coefficient (Wildman–Crippen LogP) is 2.21. The van der Waals surface area contributed by atoms with E-state index in [9.17, 15) is 0 Å². The number of methoxy groups -OCH3 is 1. The molecule has 126 valence electrons. The minimum absolute atomic E-state index is 0. The van der Waals surface area contributed by atoms with E-state index in [-0.39, 0.29) is 24.0 Å². The Morgan fingerprint density at radius 1 is 1.35 bits per heavy atom. The second-order valence-corrected chi connectivity index (χ2v) is 4.84. The monoisotopic (exact) mass is 431 g/mol. The number of aliphatic imine (C=N–C) groups is 1. The maximum atomic E-state index is 5.16. The Bertz CT molecular complexity index is 627. The number of aryl methyl sites for hydroxylation is 1. The Morgan fingerprint density at radius 2 is 2.04 bits per heavy atom. The van der Waals surface area contributed by atoms with Gasteiger partial charge in [0, 0.05) is 20.6 Å². The van der Waals surface area contributed by atoms with Crippen molar-refractivity contribution in [3.8, 4) is 5.75 Å². The van der Waals surface area contributed by atoms with Crippen molar-refractivity contribution in [3.05, 3.63) is 41.5 Å². The van der Waals surface area contributed by atoms with Crippen LogP contribution in [0.25, 0.3) is 0 Å². The highest BCUT2D eigenvalue weighted by Gasteiger charge is 2.09. The van der Waals surface area contributed by atoms with E-state index in [4.69, 9.17) is 9.26 Å². The van der Waals surface area contributed by atoms with Crippen LogP contribution in [0.3, 0.4) is 0 Å². The lowest BCUT2D eigenvalue weighted by Crippen LogP contribution is -2.38. The lowest BCUT2D eigenvalue weighted by Gasteiger charge is -2.21. The van der Waals surface area contributed by atoms with Crippen molar-refractivity contribution in [2.45, 2.75) is 20.0 Å². The van der Waals surface area contributed by atoms with Gasteiger partial charge in [0.05, 0.1) is 13.7 Å². The van der Waals surface area contributed by atoms with E-state index in [0.717, 1.165) is 18.3 Å². The molecule has 0 aliphatic rings.